The van der Waals surface area contributed by atoms with Crippen molar-refractivity contribution in [2.75, 3.05) is 18.1 Å². The molecule has 1 aliphatic heterocycles. The van der Waals surface area contributed by atoms with E-state index in [-0.39, 0.29) is 17.9 Å². The molecule has 0 aromatic carbocycles. The Hall–Kier alpha value is -0.830. The van der Waals surface area contributed by atoms with Gasteiger partial charge in [0.2, 0.25) is 5.91 Å². The van der Waals surface area contributed by atoms with Gasteiger partial charge in [0, 0.05) is 6.04 Å². The number of ether oxygens (including phenoxy) is 1. The van der Waals surface area contributed by atoms with E-state index < -0.39 is 40.7 Å². The molecule has 0 bridgehead atoms. The predicted molar refractivity (Wildman–Crippen MR) is 56.7 cm³/mol. The number of rotatable bonds is 4. The maximum atomic E-state index is 11.8. The van der Waals surface area contributed by atoms with Gasteiger partial charge in [0.05, 0.1) is 11.5 Å². The van der Waals surface area contributed by atoms with Crippen molar-refractivity contribution < 1.29 is 31.1 Å². The summed E-state index contributed by atoms with van der Waals surface area (Å²) in [6, 6.07) is -0.542. The zero-order chi connectivity index (χ0) is 14.0. The Balaban J connectivity index is 2.37. The summed E-state index contributed by atoms with van der Waals surface area (Å²) in [6.07, 6.45) is -5.49. The summed E-state index contributed by atoms with van der Waals surface area (Å²) in [7, 11) is -3.14. The van der Waals surface area contributed by atoms with E-state index in [1.807, 2.05) is 0 Å². The molecule has 1 heterocycles. The lowest BCUT2D eigenvalue weighted by Gasteiger charge is -2.17. The number of hydrogen-bond donors (Lipinski definition) is 1. The minimum atomic E-state index is -4.49. The third-order valence-electron chi connectivity index (χ3n) is 2.45. The maximum absolute atomic E-state index is 11.8. The number of carbonyl (C=O) groups excluding carboxylic acids is 1. The molecule has 0 aromatic rings. The van der Waals surface area contributed by atoms with Crippen molar-refractivity contribution in [2.45, 2.75) is 31.7 Å². The summed E-state index contributed by atoms with van der Waals surface area (Å²) in [5.41, 5.74) is 0. The van der Waals surface area contributed by atoms with Gasteiger partial charge in [-0.3, -0.25) is 4.79 Å². The molecule has 1 fully saturated rings. The number of alkyl halides is 3. The minimum Gasteiger partial charge on any atom is -0.359 e. The fourth-order valence-corrected chi connectivity index (χ4v) is 3.20. The molecule has 0 aromatic heterocycles. The molecule has 9 heteroatoms. The fraction of sp³-hybridized carbons (Fsp3) is 0.889. The van der Waals surface area contributed by atoms with E-state index in [2.05, 4.69) is 10.1 Å². The summed E-state index contributed by atoms with van der Waals surface area (Å²) < 4.78 is 62.1. The zero-order valence-corrected chi connectivity index (χ0v) is 10.5. The lowest BCUT2D eigenvalue weighted by atomic mass is 10.2. The zero-order valence-electron chi connectivity index (χ0n) is 9.66. The third kappa shape index (κ3) is 5.21. The van der Waals surface area contributed by atoms with Crippen molar-refractivity contribution in [2.24, 2.45) is 0 Å². The second-order valence-corrected chi connectivity index (χ2v) is 6.41. The highest BCUT2D eigenvalue weighted by atomic mass is 32.2. The van der Waals surface area contributed by atoms with Gasteiger partial charge in [-0.2, -0.15) is 13.2 Å². The number of nitrogens with one attached hydrogen (secondary N) is 1. The maximum Gasteiger partial charge on any atom is 0.411 e. The van der Waals surface area contributed by atoms with Crippen LogP contribution in [0.25, 0.3) is 0 Å². The quantitative estimate of drug-likeness (QED) is 0.805. The number of sulfone groups is 1. The second kappa shape index (κ2) is 5.43. The molecule has 0 radical (unpaired) electrons. The number of halogens is 3. The Kier molecular flexibility index (Phi) is 4.60. The average Bonchev–Trinajstić information content (AvgIpc) is 2.53. The van der Waals surface area contributed by atoms with Crippen LogP contribution in [0.15, 0.2) is 0 Å². The number of amides is 1. The van der Waals surface area contributed by atoms with Crippen LogP contribution in [0.4, 0.5) is 13.2 Å². The summed E-state index contributed by atoms with van der Waals surface area (Å²) in [4.78, 5) is 11.4. The smallest absolute Gasteiger partial charge is 0.359 e. The Bertz CT molecular complexity index is 407. The summed E-state index contributed by atoms with van der Waals surface area (Å²) >= 11 is 0. The van der Waals surface area contributed by atoms with Crippen LogP contribution in [-0.2, 0) is 19.4 Å². The van der Waals surface area contributed by atoms with E-state index in [1.165, 1.54) is 6.92 Å². The van der Waals surface area contributed by atoms with Crippen LogP contribution in [0.1, 0.15) is 13.3 Å². The molecule has 1 saturated heterocycles. The standard InChI is InChI=1S/C9H14F3NO4S/c1-6(17-5-9(10,11)12)8(14)13-7-2-3-18(15,16)4-7/h6-7H,2-5H2,1H3,(H,13,14)/t6-,7-/m1/s1. The molecule has 1 aliphatic rings. The summed E-state index contributed by atoms with van der Waals surface area (Å²) in [6.45, 7) is -0.324. The van der Waals surface area contributed by atoms with Crippen molar-refractivity contribution in [3.8, 4) is 0 Å². The first kappa shape index (κ1) is 15.2. The molecule has 106 valence electrons. The first-order valence-electron chi connectivity index (χ1n) is 5.28. The SMILES string of the molecule is C[C@@H](OCC(F)(F)F)C(=O)N[C@@H]1CCS(=O)(=O)C1. The Morgan fingerprint density at radius 2 is 2.11 bits per heavy atom. The molecular formula is C9H14F3NO4S. The topological polar surface area (TPSA) is 72.5 Å². The largest absolute Gasteiger partial charge is 0.411 e. The first-order chi connectivity index (χ1) is 8.09. The van der Waals surface area contributed by atoms with Crippen molar-refractivity contribution in [3.05, 3.63) is 0 Å². The van der Waals surface area contributed by atoms with Crippen molar-refractivity contribution in [3.63, 3.8) is 0 Å². The van der Waals surface area contributed by atoms with E-state index in [1.54, 1.807) is 0 Å². The molecule has 0 aliphatic carbocycles. The van der Waals surface area contributed by atoms with Crippen LogP contribution in [0, 0.1) is 0 Å². The number of carbonyl (C=O) groups is 1. The average molecular weight is 289 g/mol. The van der Waals surface area contributed by atoms with Gasteiger partial charge in [0.15, 0.2) is 9.84 Å². The van der Waals surface area contributed by atoms with Gasteiger partial charge < -0.3 is 10.1 Å². The summed E-state index contributed by atoms with van der Waals surface area (Å²) in [5, 5.41) is 2.36. The highest BCUT2D eigenvalue weighted by Crippen LogP contribution is 2.16. The van der Waals surface area contributed by atoms with Gasteiger partial charge in [-0.15, -0.1) is 0 Å². The first-order valence-corrected chi connectivity index (χ1v) is 7.10. The third-order valence-corrected chi connectivity index (χ3v) is 4.21. The molecule has 0 spiro atoms. The lowest BCUT2D eigenvalue weighted by molar-refractivity contribution is -0.185. The molecule has 0 saturated carbocycles. The molecular weight excluding hydrogens is 275 g/mol. The molecule has 1 N–H and O–H groups in total. The van der Waals surface area contributed by atoms with Gasteiger partial charge in [-0.25, -0.2) is 8.42 Å². The van der Waals surface area contributed by atoms with E-state index in [0.717, 1.165) is 0 Å². The Labute approximate surface area is 103 Å². The van der Waals surface area contributed by atoms with Crippen LogP contribution in [-0.4, -0.2) is 50.8 Å². The molecule has 2 atom stereocenters. The van der Waals surface area contributed by atoms with Crippen LogP contribution in [0.5, 0.6) is 0 Å². The molecule has 1 rings (SSSR count). The molecule has 1 amide bonds. The number of hydrogen-bond acceptors (Lipinski definition) is 4. The second-order valence-electron chi connectivity index (χ2n) is 4.18. The normalized spacial score (nSPS) is 24.8. The van der Waals surface area contributed by atoms with Crippen LogP contribution >= 0.6 is 0 Å². The lowest BCUT2D eigenvalue weighted by Crippen LogP contribution is -2.42. The van der Waals surface area contributed by atoms with Gasteiger partial charge >= 0.3 is 6.18 Å². The predicted octanol–water partition coefficient (Wildman–Crippen LogP) is 0.257. The van der Waals surface area contributed by atoms with Gasteiger partial charge in [0.25, 0.3) is 0 Å². The molecule has 5 nitrogen and oxygen atoms in total. The van der Waals surface area contributed by atoms with E-state index in [0.29, 0.717) is 0 Å². The van der Waals surface area contributed by atoms with Crippen LogP contribution in [0.3, 0.4) is 0 Å². The van der Waals surface area contributed by atoms with E-state index >= 15 is 0 Å². The van der Waals surface area contributed by atoms with Crippen molar-refractivity contribution >= 4 is 15.7 Å². The van der Waals surface area contributed by atoms with Crippen LogP contribution in [0.2, 0.25) is 0 Å². The van der Waals surface area contributed by atoms with E-state index in [4.69, 9.17) is 0 Å². The highest BCUT2D eigenvalue weighted by molar-refractivity contribution is 7.91. The highest BCUT2D eigenvalue weighted by Gasteiger charge is 2.32. The minimum absolute atomic E-state index is 0.0181. The summed E-state index contributed by atoms with van der Waals surface area (Å²) in [5.74, 6) is -0.929. The van der Waals surface area contributed by atoms with E-state index in [9.17, 15) is 26.4 Å². The Morgan fingerprint density at radius 1 is 1.50 bits per heavy atom. The van der Waals surface area contributed by atoms with Crippen LogP contribution < -0.4 is 5.32 Å². The fourth-order valence-electron chi connectivity index (χ4n) is 1.52. The monoisotopic (exact) mass is 289 g/mol. The molecule has 0 unspecified atom stereocenters. The Morgan fingerprint density at radius 3 is 2.56 bits per heavy atom. The molecule has 18 heavy (non-hydrogen) atoms. The van der Waals surface area contributed by atoms with Gasteiger partial charge in [-0.05, 0) is 13.3 Å². The van der Waals surface area contributed by atoms with Crippen molar-refractivity contribution in [1.29, 1.82) is 0 Å². The van der Waals surface area contributed by atoms with Gasteiger partial charge in [-0.1, -0.05) is 0 Å². The van der Waals surface area contributed by atoms with Gasteiger partial charge in [0.1, 0.15) is 12.7 Å². The van der Waals surface area contributed by atoms with Crippen molar-refractivity contribution in [1.82, 2.24) is 5.32 Å².